The second-order valence-electron chi connectivity index (χ2n) is 3.74. The molecule has 0 spiro atoms. The maximum Gasteiger partial charge on any atom is 0.221 e. The third-order valence-corrected chi connectivity index (χ3v) is 2.45. The van der Waals surface area contributed by atoms with E-state index in [2.05, 4.69) is 29.6 Å². The Morgan fingerprint density at radius 2 is 1.71 bits per heavy atom. The lowest BCUT2D eigenvalue weighted by Gasteiger charge is -1.98. The summed E-state index contributed by atoms with van der Waals surface area (Å²) in [6, 6.07) is 9.37. The normalized spacial score (nSPS) is 14.5. The highest BCUT2D eigenvalue weighted by Gasteiger charge is 2.37. The molecule has 0 radical (unpaired) electrons. The molecule has 17 heavy (non-hydrogen) atoms. The predicted octanol–water partition coefficient (Wildman–Crippen LogP) is 2.78. The van der Waals surface area contributed by atoms with Gasteiger partial charge in [-0.05, 0) is 30.7 Å². The molecule has 1 N–H and O–H groups in total. The first kappa shape index (κ1) is 13.3. The van der Waals surface area contributed by atoms with Crippen LogP contribution in [0.25, 0.3) is 0 Å². The molecule has 1 aliphatic rings. The number of carbonyl (C=O) groups excluding carboxylic acids is 1. The summed E-state index contributed by atoms with van der Waals surface area (Å²) in [5, 5.41) is 10.3. The van der Waals surface area contributed by atoms with Crippen LogP contribution >= 0.6 is 0 Å². The minimum absolute atomic E-state index is 0.0359. The highest BCUT2D eigenvalue weighted by molar-refractivity contribution is 5.88. The van der Waals surface area contributed by atoms with E-state index < -0.39 is 0 Å². The standard InChI is InChI=1S/C8H9NO.C4H10N3/c1-7(10)9-8-5-3-2-4-6-8;1-3-7(4-2)5-6-7/h2-6H,1H3,(H,9,10);3-4H2,1-2H3/q;+1. The third kappa shape index (κ3) is 4.74. The number of quaternary nitrogens is 1. The molecule has 0 fully saturated rings. The zero-order valence-electron chi connectivity index (χ0n) is 10.6. The van der Waals surface area contributed by atoms with Gasteiger partial charge in [-0.15, -0.1) is 0 Å². The van der Waals surface area contributed by atoms with Crippen molar-refractivity contribution in [2.24, 2.45) is 10.4 Å². The van der Waals surface area contributed by atoms with Gasteiger partial charge in [0.1, 0.15) is 23.5 Å². The SMILES string of the molecule is CC(=O)Nc1ccccc1.CC[N+]1(CC)N=N1. The summed E-state index contributed by atoms with van der Waals surface area (Å²) in [5.41, 5.74) is 0.843. The number of anilines is 1. The fraction of sp³-hybridized carbons (Fsp3) is 0.417. The Hall–Kier alpha value is -1.75. The van der Waals surface area contributed by atoms with Crippen molar-refractivity contribution in [2.45, 2.75) is 20.8 Å². The minimum atomic E-state index is -0.0359. The van der Waals surface area contributed by atoms with Gasteiger partial charge in [0.25, 0.3) is 0 Å². The molecule has 92 valence electrons. The molecule has 0 aromatic heterocycles. The van der Waals surface area contributed by atoms with E-state index in [1.807, 2.05) is 30.3 Å². The van der Waals surface area contributed by atoms with E-state index in [4.69, 9.17) is 0 Å². The van der Waals surface area contributed by atoms with Gasteiger partial charge in [-0.3, -0.25) is 4.79 Å². The summed E-state index contributed by atoms with van der Waals surface area (Å²) in [6.45, 7) is 7.69. The van der Waals surface area contributed by atoms with Crippen LogP contribution in [0.2, 0.25) is 0 Å². The molecule has 1 aromatic rings. The Morgan fingerprint density at radius 1 is 1.18 bits per heavy atom. The third-order valence-electron chi connectivity index (χ3n) is 2.45. The fourth-order valence-corrected chi connectivity index (χ4v) is 1.26. The summed E-state index contributed by atoms with van der Waals surface area (Å²) in [4.78, 5) is 10.5. The van der Waals surface area contributed by atoms with Gasteiger partial charge in [-0.2, -0.15) is 0 Å². The molecule has 0 bridgehead atoms. The van der Waals surface area contributed by atoms with Crippen molar-refractivity contribution in [3.63, 3.8) is 0 Å². The molecule has 0 atom stereocenters. The number of nitrogens with zero attached hydrogens (tertiary/aromatic N) is 3. The highest BCUT2D eigenvalue weighted by atomic mass is 16.1. The van der Waals surface area contributed by atoms with Crippen LogP contribution in [-0.4, -0.2) is 23.7 Å². The van der Waals surface area contributed by atoms with Crippen LogP contribution in [0.4, 0.5) is 5.69 Å². The first-order valence-electron chi connectivity index (χ1n) is 5.76. The lowest BCUT2D eigenvalue weighted by molar-refractivity contribution is -0.847. The molecule has 0 aliphatic carbocycles. The summed E-state index contributed by atoms with van der Waals surface area (Å²) in [5.74, 6) is -0.0359. The van der Waals surface area contributed by atoms with Gasteiger partial charge >= 0.3 is 0 Å². The van der Waals surface area contributed by atoms with E-state index in [1.54, 1.807) is 0 Å². The van der Waals surface area contributed by atoms with Gasteiger partial charge in [0.05, 0.1) is 0 Å². The average molecular weight is 235 g/mol. The Balaban J connectivity index is 0.000000181. The van der Waals surface area contributed by atoms with Crippen molar-refractivity contribution < 1.29 is 9.50 Å². The molecule has 2 rings (SSSR count). The molecular formula is C12H19N4O+. The van der Waals surface area contributed by atoms with Gasteiger partial charge < -0.3 is 5.32 Å². The molecule has 1 amide bonds. The second kappa shape index (κ2) is 6.10. The predicted molar refractivity (Wildman–Crippen MR) is 66.9 cm³/mol. The quantitative estimate of drug-likeness (QED) is 0.805. The Labute approximate surface area is 102 Å². The van der Waals surface area contributed by atoms with E-state index in [0.29, 0.717) is 4.70 Å². The van der Waals surface area contributed by atoms with Crippen LogP contribution in [-0.2, 0) is 4.79 Å². The van der Waals surface area contributed by atoms with Gasteiger partial charge in [0, 0.05) is 12.6 Å². The van der Waals surface area contributed by atoms with Gasteiger partial charge in [0.2, 0.25) is 5.91 Å². The van der Waals surface area contributed by atoms with Crippen molar-refractivity contribution >= 4 is 11.6 Å². The van der Waals surface area contributed by atoms with Gasteiger partial charge in [0.15, 0.2) is 0 Å². The Kier molecular flexibility index (Phi) is 4.78. The van der Waals surface area contributed by atoms with Gasteiger partial charge in [-0.25, -0.2) is 0 Å². The van der Waals surface area contributed by atoms with E-state index in [0.717, 1.165) is 18.8 Å². The zero-order chi connectivity index (χ0) is 12.7. The number of rotatable bonds is 3. The first-order chi connectivity index (χ1) is 8.12. The molecule has 0 unspecified atom stereocenters. The largest absolute Gasteiger partial charge is 0.326 e. The lowest BCUT2D eigenvalue weighted by atomic mass is 10.3. The second-order valence-corrected chi connectivity index (χ2v) is 3.74. The van der Waals surface area contributed by atoms with E-state index in [9.17, 15) is 4.79 Å². The molecule has 0 saturated carbocycles. The summed E-state index contributed by atoms with van der Waals surface area (Å²) < 4.78 is 0.639. The van der Waals surface area contributed by atoms with Crippen molar-refractivity contribution in [1.29, 1.82) is 0 Å². The lowest BCUT2D eigenvalue weighted by Crippen LogP contribution is -2.23. The van der Waals surface area contributed by atoms with Crippen molar-refractivity contribution in [1.82, 2.24) is 0 Å². The molecule has 5 nitrogen and oxygen atoms in total. The number of carbonyl (C=O) groups is 1. The first-order valence-corrected chi connectivity index (χ1v) is 5.76. The Bertz CT molecular complexity index is 377. The van der Waals surface area contributed by atoms with Crippen LogP contribution in [0, 0.1) is 0 Å². The molecule has 1 aliphatic heterocycles. The van der Waals surface area contributed by atoms with Crippen molar-refractivity contribution in [2.75, 3.05) is 18.4 Å². The van der Waals surface area contributed by atoms with Crippen LogP contribution in [0.1, 0.15) is 20.8 Å². The van der Waals surface area contributed by atoms with Crippen LogP contribution in [0.15, 0.2) is 40.8 Å². The van der Waals surface area contributed by atoms with E-state index >= 15 is 0 Å². The molecular weight excluding hydrogens is 216 g/mol. The molecule has 1 heterocycles. The van der Waals surface area contributed by atoms with Crippen LogP contribution in [0.5, 0.6) is 0 Å². The number of amides is 1. The number of para-hydroxylation sites is 1. The topological polar surface area (TPSA) is 53.8 Å². The average Bonchev–Trinajstić information content (AvgIpc) is 3.11. The van der Waals surface area contributed by atoms with Crippen molar-refractivity contribution in [3.05, 3.63) is 30.3 Å². The zero-order valence-corrected chi connectivity index (χ0v) is 10.6. The summed E-state index contributed by atoms with van der Waals surface area (Å²) in [7, 11) is 0. The smallest absolute Gasteiger partial charge is 0.221 e. The fourth-order valence-electron chi connectivity index (χ4n) is 1.26. The van der Waals surface area contributed by atoms with Crippen LogP contribution < -0.4 is 5.32 Å². The minimum Gasteiger partial charge on any atom is -0.326 e. The number of hydrogen-bond donors (Lipinski definition) is 1. The Morgan fingerprint density at radius 3 is 2.00 bits per heavy atom. The molecule has 1 aromatic carbocycles. The van der Waals surface area contributed by atoms with Gasteiger partial charge in [-0.1, -0.05) is 18.2 Å². The monoisotopic (exact) mass is 235 g/mol. The van der Waals surface area contributed by atoms with Crippen LogP contribution in [0.3, 0.4) is 0 Å². The number of hydrogen-bond acceptors (Lipinski definition) is 3. The maximum atomic E-state index is 10.5. The molecule has 5 heteroatoms. The highest BCUT2D eigenvalue weighted by Crippen LogP contribution is 2.21. The maximum absolute atomic E-state index is 10.5. The van der Waals surface area contributed by atoms with Crippen molar-refractivity contribution in [3.8, 4) is 0 Å². The van der Waals surface area contributed by atoms with E-state index in [1.165, 1.54) is 6.92 Å². The number of benzene rings is 1. The summed E-state index contributed by atoms with van der Waals surface area (Å²) in [6.07, 6.45) is 0. The number of nitrogens with one attached hydrogen (secondary N) is 1. The van der Waals surface area contributed by atoms with E-state index in [-0.39, 0.29) is 5.91 Å². The molecule has 0 saturated heterocycles. The summed E-state index contributed by atoms with van der Waals surface area (Å²) >= 11 is 0.